The third-order valence-electron chi connectivity index (χ3n) is 2.18. The minimum absolute atomic E-state index is 0.191. The molecule has 2 rings (SSSR count). The standard InChI is InChI=1S/C11H9ClFN3O/c1-6-9(13)10(12)16-11(15-6)7-3-4-8(17-2)14-5-7/h3-5H,1-2H3. The van der Waals surface area contributed by atoms with Crippen LogP contribution in [0.4, 0.5) is 4.39 Å². The molecular weight excluding hydrogens is 245 g/mol. The number of hydrogen-bond acceptors (Lipinski definition) is 4. The molecule has 4 nitrogen and oxygen atoms in total. The van der Waals surface area contributed by atoms with Gasteiger partial charge in [-0.15, -0.1) is 0 Å². The molecule has 0 saturated heterocycles. The van der Waals surface area contributed by atoms with Crippen LogP contribution in [0.15, 0.2) is 18.3 Å². The number of pyridine rings is 1. The van der Waals surface area contributed by atoms with E-state index in [-0.39, 0.29) is 10.8 Å². The second-order valence-electron chi connectivity index (χ2n) is 3.33. The Hall–Kier alpha value is -1.75. The molecule has 0 aliphatic carbocycles. The van der Waals surface area contributed by atoms with Crippen molar-refractivity contribution in [3.05, 3.63) is 35.0 Å². The summed E-state index contributed by atoms with van der Waals surface area (Å²) in [5, 5.41) is -0.191. The summed E-state index contributed by atoms with van der Waals surface area (Å²) in [6.07, 6.45) is 1.54. The van der Waals surface area contributed by atoms with Gasteiger partial charge in [0.15, 0.2) is 16.8 Å². The summed E-state index contributed by atoms with van der Waals surface area (Å²) >= 11 is 5.66. The Kier molecular flexibility index (Phi) is 3.19. The minimum Gasteiger partial charge on any atom is -0.481 e. The smallest absolute Gasteiger partial charge is 0.212 e. The molecule has 0 fully saturated rings. The number of aromatic nitrogens is 3. The molecule has 0 aliphatic rings. The molecule has 2 heterocycles. The minimum atomic E-state index is -0.600. The Labute approximate surface area is 102 Å². The number of halogens is 2. The van der Waals surface area contributed by atoms with Crippen LogP contribution in [0.1, 0.15) is 5.69 Å². The number of nitrogens with zero attached hydrogens (tertiary/aromatic N) is 3. The van der Waals surface area contributed by atoms with Gasteiger partial charge in [0.2, 0.25) is 5.88 Å². The van der Waals surface area contributed by atoms with Crippen molar-refractivity contribution < 1.29 is 9.13 Å². The fourth-order valence-electron chi connectivity index (χ4n) is 1.29. The van der Waals surface area contributed by atoms with E-state index in [1.54, 1.807) is 18.3 Å². The Morgan fingerprint density at radius 2 is 2.06 bits per heavy atom. The van der Waals surface area contributed by atoms with Crippen LogP contribution in [0.25, 0.3) is 11.4 Å². The van der Waals surface area contributed by atoms with Crippen molar-refractivity contribution >= 4 is 11.6 Å². The quantitative estimate of drug-likeness (QED) is 0.772. The monoisotopic (exact) mass is 253 g/mol. The second kappa shape index (κ2) is 4.63. The molecule has 0 radical (unpaired) electrons. The zero-order valence-corrected chi connectivity index (χ0v) is 9.99. The Balaban J connectivity index is 2.45. The molecule has 0 aliphatic heterocycles. The summed E-state index contributed by atoms with van der Waals surface area (Å²) in [5.41, 5.74) is 0.853. The van der Waals surface area contributed by atoms with Gasteiger partial charge < -0.3 is 4.74 Å². The molecular formula is C11H9ClFN3O. The van der Waals surface area contributed by atoms with Crippen LogP contribution < -0.4 is 4.74 Å². The van der Waals surface area contributed by atoms with E-state index < -0.39 is 5.82 Å². The van der Waals surface area contributed by atoms with Gasteiger partial charge in [-0.3, -0.25) is 0 Å². The molecule has 0 bridgehead atoms. The average Bonchev–Trinajstić information content (AvgIpc) is 2.35. The highest BCUT2D eigenvalue weighted by atomic mass is 35.5. The number of rotatable bonds is 2. The highest BCUT2D eigenvalue weighted by molar-refractivity contribution is 6.29. The molecule has 0 saturated carbocycles. The fraction of sp³-hybridized carbons (Fsp3) is 0.182. The SMILES string of the molecule is COc1ccc(-c2nc(C)c(F)c(Cl)n2)cn1. The first-order valence-electron chi connectivity index (χ1n) is 4.82. The van der Waals surface area contributed by atoms with Gasteiger partial charge in [-0.1, -0.05) is 11.6 Å². The summed E-state index contributed by atoms with van der Waals surface area (Å²) in [6, 6.07) is 3.40. The van der Waals surface area contributed by atoms with Crippen LogP contribution in [0, 0.1) is 12.7 Å². The van der Waals surface area contributed by atoms with Gasteiger partial charge in [0, 0.05) is 17.8 Å². The van der Waals surface area contributed by atoms with Gasteiger partial charge in [-0.2, -0.15) is 0 Å². The predicted molar refractivity (Wildman–Crippen MR) is 61.5 cm³/mol. The summed E-state index contributed by atoms with van der Waals surface area (Å²) in [5.74, 6) is 0.222. The summed E-state index contributed by atoms with van der Waals surface area (Å²) < 4.78 is 18.2. The van der Waals surface area contributed by atoms with Gasteiger partial charge >= 0.3 is 0 Å². The van der Waals surface area contributed by atoms with Crippen molar-refractivity contribution in [2.75, 3.05) is 7.11 Å². The first-order valence-corrected chi connectivity index (χ1v) is 5.19. The van der Waals surface area contributed by atoms with Crippen molar-refractivity contribution in [2.24, 2.45) is 0 Å². The summed E-state index contributed by atoms with van der Waals surface area (Å²) in [7, 11) is 1.53. The Morgan fingerprint density at radius 1 is 1.29 bits per heavy atom. The average molecular weight is 254 g/mol. The lowest BCUT2D eigenvalue weighted by Gasteiger charge is -2.04. The van der Waals surface area contributed by atoms with E-state index in [1.807, 2.05) is 0 Å². The van der Waals surface area contributed by atoms with Crippen LogP contribution >= 0.6 is 11.6 Å². The second-order valence-corrected chi connectivity index (χ2v) is 3.68. The molecule has 0 aromatic carbocycles. The van der Waals surface area contributed by atoms with Crippen molar-refractivity contribution in [1.82, 2.24) is 15.0 Å². The number of ether oxygens (including phenoxy) is 1. The molecule has 2 aromatic heterocycles. The maximum absolute atomic E-state index is 13.3. The molecule has 17 heavy (non-hydrogen) atoms. The Morgan fingerprint density at radius 3 is 2.59 bits per heavy atom. The largest absolute Gasteiger partial charge is 0.481 e. The lowest BCUT2D eigenvalue weighted by atomic mass is 10.2. The van der Waals surface area contributed by atoms with Crippen LogP contribution in [0.3, 0.4) is 0 Å². The van der Waals surface area contributed by atoms with E-state index in [0.29, 0.717) is 17.3 Å². The molecule has 88 valence electrons. The van der Waals surface area contributed by atoms with Gasteiger partial charge in [0.1, 0.15) is 0 Å². The molecule has 0 N–H and O–H groups in total. The highest BCUT2D eigenvalue weighted by Gasteiger charge is 2.11. The first-order chi connectivity index (χ1) is 8.11. The number of aryl methyl sites for hydroxylation is 1. The molecule has 0 amide bonds. The van der Waals surface area contributed by atoms with Crippen LogP contribution in [0.2, 0.25) is 5.15 Å². The van der Waals surface area contributed by atoms with Crippen molar-refractivity contribution in [3.63, 3.8) is 0 Å². The number of hydrogen-bond donors (Lipinski definition) is 0. The first kappa shape index (κ1) is 11.7. The van der Waals surface area contributed by atoms with Crippen LogP contribution in [0.5, 0.6) is 5.88 Å². The van der Waals surface area contributed by atoms with Crippen LogP contribution in [-0.4, -0.2) is 22.1 Å². The van der Waals surface area contributed by atoms with Crippen molar-refractivity contribution in [3.8, 4) is 17.3 Å². The van der Waals surface area contributed by atoms with E-state index in [2.05, 4.69) is 15.0 Å². The third-order valence-corrected chi connectivity index (χ3v) is 2.43. The molecule has 6 heteroatoms. The molecule has 2 aromatic rings. The maximum Gasteiger partial charge on any atom is 0.212 e. The molecule has 0 unspecified atom stereocenters. The lowest BCUT2D eigenvalue weighted by Crippen LogP contribution is -1.98. The maximum atomic E-state index is 13.3. The highest BCUT2D eigenvalue weighted by Crippen LogP contribution is 2.21. The van der Waals surface area contributed by atoms with Gasteiger partial charge in [-0.25, -0.2) is 19.3 Å². The zero-order chi connectivity index (χ0) is 12.4. The fourth-order valence-corrected chi connectivity index (χ4v) is 1.50. The summed E-state index contributed by atoms with van der Waals surface area (Å²) in [4.78, 5) is 11.9. The number of methoxy groups -OCH3 is 1. The van der Waals surface area contributed by atoms with E-state index in [4.69, 9.17) is 16.3 Å². The third kappa shape index (κ3) is 2.34. The van der Waals surface area contributed by atoms with Crippen LogP contribution in [-0.2, 0) is 0 Å². The van der Waals surface area contributed by atoms with Gasteiger partial charge in [-0.05, 0) is 13.0 Å². The van der Waals surface area contributed by atoms with E-state index >= 15 is 0 Å². The molecule has 0 spiro atoms. The van der Waals surface area contributed by atoms with E-state index in [0.717, 1.165) is 0 Å². The summed E-state index contributed by atoms with van der Waals surface area (Å²) in [6.45, 7) is 1.53. The van der Waals surface area contributed by atoms with Crippen molar-refractivity contribution in [1.29, 1.82) is 0 Å². The van der Waals surface area contributed by atoms with E-state index in [1.165, 1.54) is 14.0 Å². The molecule has 0 atom stereocenters. The van der Waals surface area contributed by atoms with Crippen molar-refractivity contribution in [2.45, 2.75) is 6.92 Å². The zero-order valence-electron chi connectivity index (χ0n) is 9.24. The lowest BCUT2D eigenvalue weighted by molar-refractivity contribution is 0.398. The predicted octanol–water partition coefficient (Wildman–Crippen LogP) is 2.65. The topological polar surface area (TPSA) is 47.9 Å². The Bertz CT molecular complexity index is 522. The van der Waals surface area contributed by atoms with E-state index in [9.17, 15) is 4.39 Å². The normalized spacial score (nSPS) is 10.4. The van der Waals surface area contributed by atoms with Gasteiger partial charge in [0.05, 0.1) is 12.8 Å². The van der Waals surface area contributed by atoms with Gasteiger partial charge in [0.25, 0.3) is 0 Å².